The van der Waals surface area contributed by atoms with E-state index in [1.54, 1.807) is 13.0 Å². The van der Waals surface area contributed by atoms with Gasteiger partial charge >= 0.3 is 0 Å². The van der Waals surface area contributed by atoms with E-state index in [1.165, 1.54) is 11.8 Å². The topological polar surface area (TPSA) is 72.2 Å². The Morgan fingerprint density at radius 3 is 2.89 bits per heavy atom. The van der Waals surface area contributed by atoms with Crippen molar-refractivity contribution in [1.29, 1.82) is 0 Å². The number of nitrogens with one attached hydrogen (secondary N) is 1. The van der Waals surface area contributed by atoms with Crippen LogP contribution < -0.4 is 10.5 Å². The molecule has 0 saturated carbocycles. The first kappa shape index (κ1) is 15.9. The summed E-state index contributed by atoms with van der Waals surface area (Å²) in [6.45, 7) is 2.10. The van der Waals surface area contributed by atoms with Gasteiger partial charge in [-0.1, -0.05) is 6.07 Å². The number of nitrogens with two attached hydrogens (primary N) is 1. The molecule has 0 aliphatic rings. The third-order valence-electron chi connectivity index (χ3n) is 2.23. The van der Waals surface area contributed by atoms with Gasteiger partial charge in [0.15, 0.2) is 0 Å². The molecule has 1 aromatic rings. The van der Waals surface area contributed by atoms with Crippen molar-refractivity contribution in [3.8, 4) is 11.8 Å². The lowest BCUT2D eigenvalue weighted by Crippen LogP contribution is -2.28. The van der Waals surface area contributed by atoms with E-state index in [0.29, 0.717) is 24.4 Å². The third kappa shape index (κ3) is 7.11. The van der Waals surface area contributed by atoms with Gasteiger partial charge < -0.3 is 5.73 Å². The zero-order valence-electron chi connectivity index (χ0n) is 10.8. The molecule has 0 aliphatic carbocycles. The van der Waals surface area contributed by atoms with Crippen molar-refractivity contribution in [2.45, 2.75) is 18.2 Å². The van der Waals surface area contributed by atoms with Gasteiger partial charge in [-0.05, 0) is 25.1 Å². The highest BCUT2D eigenvalue weighted by molar-refractivity contribution is 8.00. The van der Waals surface area contributed by atoms with Crippen LogP contribution in [-0.4, -0.2) is 26.5 Å². The van der Waals surface area contributed by atoms with E-state index in [4.69, 9.17) is 5.73 Å². The van der Waals surface area contributed by atoms with Crippen molar-refractivity contribution in [3.05, 3.63) is 24.3 Å². The molecule has 104 valence electrons. The van der Waals surface area contributed by atoms with E-state index in [2.05, 4.69) is 16.6 Å². The molecule has 0 atom stereocenters. The second-order valence-corrected chi connectivity index (χ2v) is 6.91. The first-order valence-corrected chi connectivity index (χ1v) is 8.52. The van der Waals surface area contributed by atoms with Gasteiger partial charge in [0.25, 0.3) is 0 Å². The lowest BCUT2D eigenvalue weighted by molar-refractivity contribution is 0.584. The summed E-state index contributed by atoms with van der Waals surface area (Å²) in [6, 6.07) is 7.41. The summed E-state index contributed by atoms with van der Waals surface area (Å²) in [4.78, 5) is 0.979. The van der Waals surface area contributed by atoms with Gasteiger partial charge in [0.05, 0.1) is 5.75 Å². The van der Waals surface area contributed by atoms with Gasteiger partial charge in [0.1, 0.15) is 0 Å². The second kappa shape index (κ2) is 8.10. The van der Waals surface area contributed by atoms with Gasteiger partial charge in [-0.2, -0.15) is 0 Å². The van der Waals surface area contributed by atoms with E-state index < -0.39 is 10.0 Å². The van der Waals surface area contributed by atoms with Crippen LogP contribution in [0, 0.1) is 11.8 Å². The van der Waals surface area contributed by atoms with Gasteiger partial charge in [-0.15, -0.1) is 23.6 Å². The van der Waals surface area contributed by atoms with Crippen LogP contribution in [-0.2, 0) is 10.0 Å². The molecule has 6 heteroatoms. The quantitative estimate of drug-likeness (QED) is 0.348. The van der Waals surface area contributed by atoms with Gasteiger partial charge in [-0.3, -0.25) is 0 Å². The normalized spacial score (nSPS) is 10.8. The SMILES string of the molecule is CC#CCCNS(=O)(=O)CCSc1cccc(N)c1. The summed E-state index contributed by atoms with van der Waals surface area (Å²) in [7, 11) is -3.21. The molecular formula is C13H18N2O2S2. The molecule has 0 heterocycles. The predicted octanol–water partition coefficient (Wildman–Crippen LogP) is 1.69. The average molecular weight is 298 g/mol. The van der Waals surface area contributed by atoms with Gasteiger partial charge in [0, 0.05) is 29.3 Å². The maximum absolute atomic E-state index is 11.7. The number of thioether (sulfide) groups is 1. The number of nitrogen functional groups attached to an aromatic ring is 1. The van der Waals surface area contributed by atoms with E-state index in [1.807, 2.05) is 18.2 Å². The Labute approximate surface area is 119 Å². The fraction of sp³-hybridized carbons (Fsp3) is 0.385. The highest BCUT2D eigenvalue weighted by atomic mass is 32.2. The van der Waals surface area contributed by atoms with Crippen LogP contribution in [0.25, 0.3) is 0 Å². The molecular weight excluding hydrogens is 280 g/mol. The number of sulfonamides is 1. The minimum atomic E-state index is -3.21. The summed E-state index contributed by atoms with van der Waals surface area (Å²) in [5, 5.41) is 0. The number of hydrogen-bond donors (Lipinski definition) is 2. The molecule has 0 radical (unpaired) electrons. The molecule has 0 saturated heterocycles. The first-order chi connectivity index (χ1) is 9.03. The monoisotopic (exact) mass is 298 g/mol. The van der Waals surface area contributed by atoms with Crippen molar-refractivity contribution in [2.24, 2.45) is 0 Å². The van der Waals surface area contributed by atoms with Crippen molar-refractivity contribution >= 4 is 27.5 Å². The molecule has 0 spiro atoms. The lowest BCUT2D eigenvalue weighted by atomic mass is 10.3. The van der Waals surface area contributed by atoms with Crippen LogP contribution in [0.2, 0.25) is 0 Å². The van der Waals surface area contributed by atoms with E-state index in [0.717, 1.165) is 4.90 Å². The molecule has 0 unspecified atom stereocenters. The second-order valence-electron chi connectivity index (χ2n) is 3.81. The zero-order chi connectivity index (χ0) is 14.1. The van der Waals surface area contributed by atoms with E-state index >= 15 is 0 Å². The van der Waals surface area contributed by atoms with Crippen molar-refractivity contribution in [3.63, 3.8) is 0 Å². The summed E-state index contributed by atoms with van der Waals surface area (Å²) in [5.41, 5.74) is 6.34. The standard InChI is InChI=1S/C13H18N2O2S2/c1-2-3-4-8-15-19(16,17)10-9-18-13-7-5-6-12(14)11-13/h5-7,11,15H,4,8-10,14H2,1H3. The molecule has 4 nitrogen and oxygen atoms in total. The van der Waals surface area contributed by atoms with Crippen LogP contribution in [0.1, 0.15) is 13.3 Å². The van der Waals surface area contributed by atoms with Gasteiger partial charge in [-0.25, -0.2) is 13.1 Å². The lowest BCUT2D eigenvalue weighted by Gasteiger charge is -2.05. The average Bonchev–Trinajstić information content (AvgIpc) is 2.35. The minimum Gasteiger partial charge on any atom is -0.399 e. The maximum Gasteiger partial charge on any atom is 0.212 e. The van der Waals surface area contributed by atoms with Crippen molar-refractivity contribution < 1.29 is 8.42 Å². The number of hydrogen-bond acceptors (Lipinski definition) is 4. The van der Waals surface area contributed by atoms with Crippen LogP contribution in [0.5, 0.6) is 0 Å². The Morgan fingerprint density at radius 2 is 2.21 bits per heavy atom. The fourth-order valence-electron chi connectivity index (χ4n) is 1.34. The molecule has 1 rings (SSSR count). The molecule has 0 aliphatic heterocycles. The summed E-state index contributed by atoms with van der Waals surface area (Å²) in [6.07, 6.45) is 0.540. The summed E-state index contributed by atoms with van der Waals surface area (Å²) >= 11 is 1.48. The fourth-order valence-corrected chi connectivity index (χ4v) is 3.74. The van der Waals surface area contributed by atoms with Gasteiger partial charge in [0.2, 0.25) is 10.0 Å². The minimum absolute atomic E-state index is 0.0893. The molecule has 1 aromatic carbocycles. The Hall–Kier alpha value is -1.16. The summed E-state index contributed by atoms with van der Waals surface area (Å²) < 4.78 is 25.8. The molecule has 0 bridgehead atoms. The first-order valence-electron chi connectivity index (χ1n) is 5.89. The Kier molecular flexibility index (Phi) is 6.78. The predicted molar refractivity (Wildman–Crippen MR) is 81.4 cm³/mol. The molecule has 0 amide bonds. The zero-order valence-corrected chi connectivity index (χ0v) is 12.5. The molecule has 19 heavy (non-hydrogen) atoms. The van der Waals surface area contributed by atoms with Crippen molar-refractivity contribution in [1.82, 2.24) is 4.72 Å². The molecule has 3 N–H and O–H groups in total. The Balaban J connectivity index is 2.32. The number of anilines is 1. The van der Waals surface area contributed by atoms with E-state index in [-0.39, 0.29) is 5.75 Å². The third-order valence-corrected chi connectivity index (χ3v) is 4.87. The molecule has 0 fully saturated rings. The van der Waals surface area contributed by atoms with Crippen molar-refractivity contribution in [2.75, 3.05) is 23.8 Å². The highest BCUT2D eigenvalue weighted by Gasteiger charge is 2.09. The highest BCUT2D eigenvalue weighted by Crippen LogP contribution is 2.20. The largest absolute Gasteiger partial charge is 0.399 e. The Morgan fingerprint density at radius 1 is 1.42 bits per heavy atom. The summed E-state index contributed by atoms with van der Waals surface area (Å²) in [5.74, 6) is 6.12. The van der Waals surface area contributed by atoms with Crippen LogP contribution in [0.3, 0.4) is 0 Å². The van der Waals surface area contributed by atoms with Crippen LogP contribution in [0.4, 0.5) is 5.69 Å². The maximum atomic E-state index is 11.7. The number of benzene rings is 1. The van der Waals surface area contributed by atoms with E-state index in [9.17, 15) is 8.42 Å². The van der Waals surface area contributed by atoms with Crippen LogP contribution >= 0.6 is 11.8 Å². The smallest absolute Gasteiger partial charge is 0.212 e. The Bertz CT molecular complexity index is 559. The molecule has 0 aromatic heterocycles. The van der Waals surface area contributed by atoms with Crippen LogP contribution in [0.15, 0.2) is 29.2 Å². The number of rotatable bonds is 7.